The van der Waals surface area contributed by atoms with Crippen LogP contribution in [0.5, 0.6) is 5.75 Å². The largest absolute Gasteiger partial charge is 0.481 e. The first-order chi connectivity index (χ1) is 14.7. The minimum absolute atomic E-state index is 0.0996. The van der Waals surface area contributed by atoms with Crippen molar-refractivity contribution in [3.8, 4) is 5.75 Å². The van der Waals surface area contributed by atoms with Crippen molar-refractivity contribution in [1.82, 2.24) is 4.90 Å². The molecule has 10 heteroatoms. The second-order valence-electron chi connectivity index (χ2n) is 6.50. The van der Waals surface area contributed by atoms with Gasteiger partial charge in [-0.3, -0.25) is 19.3 Å². The summed E-state index contributed by atoms with van der Waals surface area (Å²) in [7, 11) is 0. The van der Waals surface area contributed by atoms with Crippen LogP contribution in [0.4, 0.5) is 10.5 Å². The van der Waals surface area contributed by atoms with Gasteiger partial charge in [0.1, 0.15) is 12.3 Å². The summed E-state index contributed by atoms with van der Waals surface area (Å²) in [5.41, 5.74) is 1.74. The number of nitrogens with zero attached hydrogens (tertiary/aromatic N) is 1. The van der Waals surface area contributed by atoms with E-state index in [-0.39, 0.29) is 10.7 Å². The van der Waals surface area contributed by atoms with E-state index < -0.39 is 36.2 Å². The fraction of sp³-hybridized carbons (Fsp3) is 0.143. The first kappa shape index (κ1) is 22.4. The van der Waals surface area contributed by atoms with Crippen LogP contribution in [-0.2, 0) is 14.4 Å². The zero-order valence-electron chi connectivity index (χ0n) is 16.3. The molecule has 0 unspecified atom stereocenters. The van der Waals surface area contributed by atoms with Gasteiger partial charge in [-0.1, -0.05) is 35.9 Å². The van der Waals surface area contributed by atoms with E-state index in [1.807, 2.05) is 6.92 Å². The maximum atomic E-state index is 12.7. The standard InChI is InChI=1S/C21H17ClN2O6S/c1-12-6-7-14(9-15(12)22)23-18(25)10-24-20(28)17(31-21(24)29)8-13-4-2-3-5-16(13)30-11-19(26)27/h2-9H,10-11H2,1H3,(H,23,25)(H,26,27). The van der Waals surface area contributed by atoms with Gasteiger partial charge in [0.2, 0.25) is 5.91 Å². The Morgan fingerprint density at radius 3 is 2.68 bits per heavy atom. The highest BCUT2D eigenvalue weighted by Crippen LogP contribution is 2.34. The Morgan fingerprint density at radius 1 is 1.23 bits per heavy atom. The number of carbonyl (C=O) groups is 4. The first-order valence-corrected chi connectivity index (χ1v) is 10.2. The third-order valence-corrected chi connectivity index (χ3v) is 5.50. The summed E-state index contributed by atoms with van der Waals surface area (Å²) in [5, 5.41) is 11.3. The van der Waals surface area contributed by atoms with Crippen molar-refractivity contribution in [3.63, 3.8) is 0 Å². The number of aliphatic carboxylic acids is 1. The highest BCUT2D eigenvalue weighted by molar-refractivity contribution is 8.18. The smallest absolute Gasteiger partial charge is 0.341 e. The Morgan fingerprint density at radius 2 is 1.97 bits per heavy atom. The summed E-state index contributed by atoms with van der Waals surface area (Å²) in [4.78, 5) is 48.9. The molecule has 3 amide bonds. The molecule has 2 aromatic rings. The van der Waals surface area contributed by atoms with Crippen LogP contribution in [-0.4, -0.2) is 46.2 Å². The molecule has 1 saturated heterocycles. The Hall–Kier alpha value is -3.30. The lowest BCUT2D eigenvalue weighted by Crippen LogP contribution is -2.36. The number of para-hydroxylation sites is 1. The lowest BCUT2D eigenvalue weighted by Gasteiger charge is -2.13. The molecule has 0 saturated carbocycles. The Labute approximate surface area is 186 Å². The first-order valence-electron chi connectivity index (χ1n) is 8.99. The van der Waals surface area contributed by atoms with E-state index in [9.17, 15) is 19.2 Å². The number of carbonyl (C=O) groups excluding carboxylic acids is 3. The van der Waals surface area contributed by atoms with Crippen LogP contribution in [0.3, 0.4) is 0 Å². The van der Waals surface area contributed by atoms with Crippen molar-refractivity contribution >= 4 is 58.1 Å². The summed E-state index contributed by atoms with van der Waals surface area (Å²) in [6, 6.07) is 11.5. The van der Waals surface area contributed by atoms with E-state index in [4.69, 9.17) is 21.4 Å². The third kappa shape index (κ3) is 5.65. The number of hydrogen-bond acceptors (Lipinski definition) is 6. The van der Waals surface area contributed by atoms with Gasteiger partial charge in [-0.15, -0.1) is 0 Å². The molecule has 0 radical (unpaired) electrons. The molecular weight excluding hydrogens is 444 g/mol. The molecule has 0 bridgehead atoms. The molecule has 160 valence electrons. The van der Waals surface area contributed by atoms with E-state index in [1.165, 1.54) is 6.08 Å². The summed E-state index contributed by atoms with van der Waals surface area (Å²) in [5.74, 6) is -2.06. The van der Waals surface area contributed by atoms with Crippen molar-refractivity contribution in [3.05, 3.63) is 63.5 Å². The molecule has 0 atom stereocenters. The van der Waals surface area contributed by atoms with Crippen LogP contribution in [0.2, 0.25) is 5.02 Å². The molecular formula is C21H17ClN2O6S. The van der Waals surface area contributed by atoms with E-state index in [1.54, 1.807) is 42.5 Å². The maximum Gasteiger partial charge on any atom is 0.341 e. The van der Waals surface area contributed by atoms with Crippen molar-refractivity contribution in [1.29, 1.82) is 0 Å². The highest BCUT2D eigenvalue weighted by Gasteiger charge is 2.36. The molecule has 2 N–H and O–H groups in total. The minimum Gasteiger partial charge on any atom is -0.481 e. The molecule has 1 aliphatic heterocycles. The number of carboxylic acid groups (broad SMARTS) is 1. The van der Waals surface area contributed by atoms with Crippen LogP contribution in [0.15, 0.2) is 47.4 Å². The second-order valence-corrected chi connectivity index (χ2v) is 7.90. The van der Waals surface area contributed by atoms with Gasteiger partial charge in [0, 0.05) is 16.3 Å². The van der Waals surface area contributed by atoms with Crippen molar-refractivity contribution in [2.24, 2.45) is 0 Å². The number of nitrogens with one attached hydrogen (secondary N) is 1. The molecule has 1 aliphatic rings. The quantitative estimate of drug-likeness (QED) is 0.604. The van der Waals surface area contributed by atoms with Gasteiger partial charge in [-0.25, -0.2) is 4.79 Å². The maximum absolute atomic E-state index is 12.7. The molecule has 0 spiro atoms. The van der Waals surface area contributed by atoms with E-state index in [0.717, 1.165) is 10.5 Å². The van der Waals surface area contributed by atoms with Gasteiger partial charge in [0.25, 0.3) is 11.1 Å². The number of hydrogen-bond donors (Lipinski definition) is 2. The molecule has 1 heterocycles. The number of halogens is 1. The SMILES string of the molecule is Cc1ccc(NC(=O)CN2C(=O)SC(=Cc3ccccc3OCC(=O)O)C2=O)cc1Cl. The molecule has 3 rings (SSSR count). The summed E-state index contributed by atoms with van der Waals surface area (Å²) >= 11 is 6.73. The minimum atomic E-state index is -1.14. The van der Waals surface area contributed by atoms with Crippen LogP contribution in [0.1, 0.15) is 11.1 Å². The average molecular weight is 461 g/mol. The van der Waals surface area contributed by atoms with Gasteiger partial charge in [-0.2, -0.15) is 0 Å². The number of benzene rings is 2. The van der Waals surface area contributed by atoms with Gasteiger partial charge >= 0.3 is 5.97 Å². The van der Waals surface area contributed by atoms with Crippen molar-refractivity contribution in [2.45, 2.75) is 6.92 Å². The summed E-state index contributed by atoms with van der Waals surface area (Å²) in [6.07, 6.45) is 1.43. The van der Waals surface area contributed by atoms with Gasteiger partial charge < -0.3 is 15.2 Å². The van der Waals surface area contributed by atoms with Gasteiger partial charge in [-0.05, 0) is 48.5 Å². The van der Waals surface area contributed by atoms with E-state index >= 15 is 0 Å². The number of carboxylic acids is 1. The van der Waals surface area contributed by atoms with Crippen LogP contribution >= 0.6 is 23.4 Å². The fourth-order valence-corrected chi connectivity index (χ4v) is 3.67. The average Bonchev–Trinajstić information content (AvgIpc) is 2.97. The topological polar surface area (TPSA) is 113 Å². The predicted molar refractivity (Wildman–Crippen MR) is 117 cm³/mol. The van der Waals surface area contributed by atoms with Crippen molar-refractivity contribution in [2.75, 3.05) is 18.5 Å². The molecule has 1 fully saturated rings. The zero-order chi connectivity index (χ0) is 22.5. The lowest BCUT2D eigenvalue weighted by molar-refractivity contribution is -0.139. The Bertz CT molecular complexity index is 1100. The van der Waals surface area contributed by atoms with Crippen LogP contribution < -0.4 is 10.1 Å². The number of aryl methyl sites for hydroxylation is 1. The Balaban J connectivity index is 1.71. The molecule has 0 aromatic heterocycles. The lowest BCUT2D eigenvalue weighted by atomic mass is 10.2. The summed E-state index contributed by atoms with van der Waals surface area (Å²) in [6.45, 7) is 0.825. The third-order valence-electron chi connectivity index (χ3n) is 4.19. The highest BCUT2D eigenvalue weighted by atomic mass is 35.5. The number of thioether (sulfide) groups is 1. The summed E-state index contributed by atoms with van der Waals surface area (Å²) < 4.78 is 5.21. The molecule has 8 nitrogen and oxygen atoms in total. The number of imide groups is 1. The molecule has 0 aliphatic carbocycles. The van der Waals surface area contributed by atoms with E-state index in [0.29, 0.717) is 28.0 Å². The predicted octanol–water partition coefficient (Wildman–Crippen LogP) is 3.79. The fourth-order valence-electron chi connectivity index (χ4n) is 2.66. The molecule has 2 aromatic carbocycles. The zero-order valence-corrected chi connectivity index (χ0v) is 17.8. The van der Waals surface area contributed by atoms with Crippen LogP contribution in [0, 0.1) is 6.92 Å². The van der Waals surface area contributed by atoms with Crippen LogP contribution in [0.25, 0.3) is 6.08 Å². The Kier molecular flexibility index (Phi) is 6.98. The van der Waals surface area contributed by atoms with E-state index in [2.05, 4.69) is 5.32 Å². The van der Waals surface area contributed by atoms with Crippen molar-refractivity contribution < 1.29 is 29.0 Å². The number of anilines is 1. The number of ether oxygens (including phenoxy) is 1. The van der Waals surface area contributed by atoms with Gasteiger partial charge in [0.15, 0.2) is 6.61 Å². The normalized spacial score (nSPS) is 14.8. The second kappa shape index (κ2) is 9.67. The van der Waals surface area contributed by atoms with Gasteiger partial charge in [0.05, 0.1) is 4.91 Å². The number of rotatable bonds is 7. The number of amides is 3. The monoisotopic (exact) mass is 460 g/mol. The molecule has 31 heavy (non-hydrogen) atoms.